The molecule has 3 aromatic carbocycles. The van der Waals surface area contributed by atoms with E-state index in [-0.39, 0.29) is 5.56 Å². The van der Waals surface area contributed by atoms with Crippen molar-refractivity contribution in [3.63, 3.8) is 0 Å². The Morgan fingerprint density at radius 3 is 2.39 bits per heavy atom. The molecule has 156 valence electrons. The van der Waals surface area contributed by atoms with Crippen LogP contribution in [0.5, 0.6) is 5.75 Å². The van der Waals surface area contributed by atoms with Crippen LogP contribution in [0.2, 0.25) is 0 Å². The molecule has 0 saturated carbocycles. The number of carbonyl (C=O) groups excluding carboxylic acids is 2. The standard InChI is InChI=1S/C24H20N2O4S/c1-15(22(27)26-24-25-20(14-31-24)16-8-4-3-5-9-16)30-23(28)19-12-17-10-6-7-11-18(17)13-21(19)29-2/h3-15H,1-2H3,(H,25,26,27)/t15-/m1/s1. The first-order chi connectivity index (χ1) is 15.0. The van der Waals surface area contributed by atoms with Gasteiger partial charge in [0.1, 0.15) is 11.3 Å². The zero-order valence-electron chi connectivity index (χ0n) is 17.0. The molecule has 6 nitrogen and oxygen atoms in total. The number of rotatable bonds is 6. The van der Waals surface area contributed by atoms with Crippen molar-refractivity contribution in [3.8, 4) is 17.0 Å². The number of ether oxygens (including phenoxy) is 2. The number of anilines is 1. The number of fused-ring (bicyclic) bond motifs is 1. The van der Waals surface area contributed by atoms with Crippen LogP contribution in [0.4, 0.5) is 5.13 Å². The molecule has 0 bridgehead atoms. The third-order valence-corrected chi connectivity index (χ3v) is 5.50. The highest BCUT2D eigenvalue weighted by molar-refractivity contribution is 7.14. The molecule has 7 heteroatoms. The number of aromatic nitrogens is 1. The van der Waals surface area contributed by atoms with Gasteiger partial charge in [0.05, 0.1) is 12.8 Å². The highest BCUT2D eigenvalue weighted by atomic mass is 32.1. The predicted molar refractivity (Wildman–Crippen MR) is 122 cm³/mol. The number of esters is 1. The van der Waals surface area contributed by atoms with E-state index in [1.54, 1.807) is 12.1 Å². The van der Waals surface area contributed by atoms with Crippen LogP contribution in [-0.2, 0) is 9.53 Å². The zero-order valence-corrected chi connectivity index (χ0v) is 17.8. The number of hydrogen-bond acceptors (Lipinski definition) is 6. The molecule has 0 aliphatic carbocycles. The number of thiazole rings is 1. The summed E-state index contributed by atoms with van der Waals surface area (Å²) in [4.78, 5) is 29.7. The quantitative estimate of drug-likeness (QED) is 0.426. The van der Waals surface area contributed by atoms with Crippen LogP contribution in [-0.4, -0.2) is 30.1 Å². The molecule has 1 atom stereocenters. The molecule has 0 saturated heterocycles. The summed E-state index contributed by atoms with van der Waals surface area (Å²) in [7, 11) is 1.49. The normalized spacial score (nSPS) is 11.7. The van der Waals surface area contributed by atoms with E-state index < -0.39 is 18.0 Å². The molecule has 1 N–H and O–H groups in total. The summed E-state index contributed by atoms with van der Waals surface area (Å²) in [5, 5.41) is 6.83. The maximum Gasteiger partial charge on any atom is 0.342 e. The van der Waals surface area contributed by atoms with E-state index in [1.165, 1.54) is 25.4 Å². The number of methoxy groups -OCH3 is 1. The predicted octanol–water partition coefficient (Wildman–Crippen LogP) is 5.16. The number of hydrogen-bond donors (Lipinski definition) is 1. The van der Waals surface area contributed by atoms with E-state index in [0.717, 1.165) is 22.0 Å². The molecule has 4 rings (SSSR count). The van der Waals surface area contributed by atoms with Gasteiger partial charge in [-0.15, -0.1) is 11.3 Å². The summed E-state index contributed by atoms with van der Waals surface area (Å²) >= 11 is 1.31. The first kappa shape index (κ1) is 20.6. The van der Waals surface area contributed by atoms with Crippen LogP contribution in [0.15, 0.2) is 72.1 Å². The smallest absolute Gasteiger partial charge is 0.342 e. The molecule has 0 spiro atoms. The SMILES string of the molecule is COc1cc2ccccc2cc1C(=O)O[C@H](C)C(=O)Nc1nc(-c2ccccc2)cs1. The minimum atomic E-state index is -1.01. The van der Waals surface area contributed by atoms with Crippen molar-refractivity contribution in [2.45, 2.75) is 13.0 Å². The fraction of sp³-hybridized carbons (Fsp3) is 0.125. The third kappa shape index (κ3) is 4.57. The van der Waals surface area contributed by atoms with Crippen LogP contribution < -0.4 is 10.1 Å². The Labute approximate surface area is 183 Å². The molecule has 0 aliphatic rings. The van der Waals surface area contributed by atoms with Gasteiger partial charge in [0, 0.05) is 10.9 Å². The molecular weight excluding hydrogens is 412 g/mol. The van der Waals surface area contributed by atoms with Gasteiger partial charge in [-0.05, 0) is 29.8 Å². The maximum absolute atomic E-state index is 12.7. The number of nitrogens with one attached hydrogen (secondary N) is 1. The van der Waals surface area contributed by atoms with Gasteiger partial charge in [0.2, 0.25) is 0 Å². The van der Waals surface area contributed by atoms with Gasteiger partial charge < -0.3 is 9.47 Å². The molecule has 0 unspecified atom stereocenters. The van der Waals surface area contributed by atoms with E-state index in [9.17, 15) is 9.59 Å². The van der Waals surface area contributed by atoms with Crippen molar-refractivity contribution in [1.29, 1.82) is 0 Å². The summed E-state index contributed by atoms with van der Waals surface area (Å²) in [6, 6.07) is 20.8. The molecular formula is C24H20N2O4S. The second-order valence-electron chi connectivity index (χ2n) is 6.84. The number of nitrogens with zero attached hydrogens (tertiary/aromatic N) is 1. The van der Waals surface area contributed by atoms with Crippen LogP contribution in [0.3, 0.4) is 0 Å². The van der Waals surface area contributed by atoms with Crippen molar-refractivity contribution in [1.82, 2.24) is 4.98 Å². The van der Waals surface area contributed by atoms with Gasteiger partial charge in [-0.3, -0.25) is 10.1 Å². The largest absolute Gasteiger partial charge is 0.496 e. The Morgan fingerprint density at radius 1 is 1.00 bits per heavy atom. The number of carbonyl (C=O) groups is 2. The van der Waals surface area contributed by atoms with Crippen molar-refractivity contribution in [2.75, 3.05) is 12.4 Å². The Bertz CT molecular complexity index is 1240. The Kier molecular flexibility index (Phi) is 5.95. The summed E-state index contributed by atoms with van der Waals surface area (Å²) in [6.07, 6.45) is -1.01. The lowest BCUT2D eigenvalue weighted by molar-refractivity contribution is -0.123. The molecule has 0 aliphatic heterocycles. The van der Waals surface area contributed by atoms with E-state index in [1.807, 2.05) is 60.0 Å². The van der Waals surface area contributed by atoms with Crippen LogP contribution in [0, 0.1) is 0 Å². The highest BCUT2D eigenvalue weighted by Crippen LogP contribution is 2.27. The topological polar surface area (TPSA) is 77.5 Å². The summed E-state index contributed by atoms with van der Waals surface area (Å²) in [5.41, 5.74) is 2.00. The van der Waals surface area contributed by atoms with Crippen molar-refractivity contribution in [3.05, 3.63) is 77.7 Å². The van der Waals surface area contributed by atoms with Crippen molar-refractivity contribution >= 4 is 39.1 Å². The van der Waals surface area contributed by atoms with Crippen LogP contribution in [0.1, 0.15) is 17.3 Å². The monoisotopic (exact) mass is 432 g/mol. The molecule has 1 heterocycles. The van der Waals surface area contributed by atoms with Gasteiger partial charge in [0.15, 0.2) is 11.2 Å². The fourth-order valence-electron chi connectivity index (χ4n) is 3.11. The lowest BCUT2D eigenvalue weighted by atomic mass is 10.1. The van der Waals surface area contributed by atoms with Crippen molar-refractivity contribution < 1.29 is 19.1 Å². The Morgan fingerprint density at radius 2 is 1.68 bits per heavy atom. The summed E-state index contributed by atoms with van der Waals surface area (Å²) in [6.45, 7) is 1.52. The second kappa shape index (κ2) is 8.97. The minimum absolute atomic E-state index is 0.265. The fourth-order valence-corrected chi connectivity index (χ4v) is 3.83. The lowest BCUT2D eigenvalue weighted by Crippen LogP contribution is -2.30. The van der Waals surface area contributed by atoms with Gasteiger partial charge >= 0.3 is 5.97 Å². The summed E-state index contributed by atoms with van der Waals surface area (Å²) in [5.74, 6) is -0.694. The van der Waals surface area contributed by atoms with Gasteiger partial charge in [-0.1, -0.05) is 54.6 Å². The van der Waals surface area contributed by atoms with E-state index in [0.29, 0.717) is 10.9 Å². The molecule has 31 heavy (non-hydrogen) atoms. The number of benzene rings is 3. The molecule has 0 radical (unpaired) electrons. The maximum atomic E-state index is 12.7. The Hall–Kier alpha value is -3.71. The highest BCUT2D eigenvalue weighted by Gasteiger charge is 2.23. The molecule has 0 fully saturated rings. The van der Waals surface area contributed by atoms with Gasteiger partial charge in [-0.25, -0.2) is 9.78 Å². The second-order valence-corrected chi connectivity index (χ2v) is 7.70. The van der Waals surface area contributed by atoms with Gasteiger partial charge in [-0.2, -0.15) is 0 Å². The van der Waals surface area contributed by atoms with Crippen molar-refractivity contribution in [2.24, 2.45) is 0 Å². The van der Waals surface area contributed by atoms with E-state index in [2.05, 4.69) is 10.3 Å². The van der Waals surface area contributed by atoms with E-state index in [4.69, 9.17) is 9.47 Å². The van der Waals surface area contributed by atoms with Crippen LogP contribution >= 0.6 is 11.3 Å². The lowest BCUT2D eigenvalue weighted by Gasteiger charge is -2.14. The van der Waals surface area contributed by atoms with Crippen LogP contribution in [0.25, 0.3) is 22.0 Å². The average Bonchev–Trinajstić information content (AvgIpc) is 3.27. The molecule has 1 aromatic heterocycles. The third-order valence-electron chi connectivity index (χ3n) is 4.74. The van der Waals surface area contributed by atoms with Gasteiger partial charge in [0.25, 0.3) is 5.91 Å². The molecule has 4 aromatic rings. The average molecular weight is 433 g/mol. The zero-order chi connectivity index (χ0) is 21.8. The Balaban J connectivity index is 1.45. The first-order valence-electron chi connectivity index (χ1n) is 9.64. The first-order valence-corrected chi connectivity index (χ1v) is 10.5. The molecule has 1 amide bonds. The minimum Gasteiger partial charge on any atom is -0.496 e. The number of amides is 1. The van der Waals surface area contributed by atoms with E-state index >= 15 is 0 Å². The summed E-state index contributed by atoms with van der Waals surface area (Å²) < 4.78 is 10.7.